The highest BCUT2D eigenvalue weighted by Crippen LogP contribution is 2.20. The summed E-state index contributed by atoms with van der Waals surface area (Å²) < 4.78 is 5.04. The molecule has 2 N–H and O–H groups in total. The Labute approximate surface area is 146 Å². The molecular weight excluding hydrogens is 324 g/mol. The second-order valence-corrected chi connectivity index (χ2v) is 5.67. The minimum Gasteiger partial charge on any atom is -0.426 e. The molecule has 0 heterocycles. The molecule has 0 aliphatic heterocycles. The summed E-state index contributed by atoms with van der Waals surface area (Å²) in [4.78, 5) is 23.5. The van der Waals surface area contributed by atoms with Gasteiger partial charge < -0.3 is 10.1 Å². The van der Waals surface area contributed by atoms with Gasteiger partial charge in [0.1, 0.15) is 5.75 Å². The van der Waals surface area contributed by atoms with Crippen molar-refractivity contribution in [3.8, 4) is 5.75 Å². The van der Waals surface area contributed by atoms with E-state index < -0.39 is 11.9 Å². The van der Waals surface area contributed by atoms with E-state index in [4.69, 9.17) is 17.0 Å². The summed E-state index contributed by atoms with van der Waals surface area (Å²) in [6.07, 6.45) is 0. The van der Waals surface area contributed by atoms with Gasteiger partial charge in [-0.05, 0) is 49.3 Å². The van der Waals surface area contributed by atoms with E-state index in [9.17, 15) is 9.59 Å². The Morgan fingerprint density at radius 2 is 1.62 bits per heavy atom. The van der Waals surface area contributed by atoms with E-state index in [0.29, 0.717) is 0 Å². The second-order valence-electron chi connectivity index (χ2n) is 5.26. The first-order chi connectivity index (χ1) is 11.4. The molecule has 0 spiro atoms. The molecule has 0 aliphatic rings. The van der Waals surface area contributed by atoms with E-state index in [0.717, 1.165) is 16.8 Å². The smallest absolute Gasteiger partial charge is 0.308 e. The van der Waals surface area contributed by atoms with E-state index in [-0.39, 0.29) is 16.4 Å². The third-order valence-electron chi connectivity index (χ3n) is 3.33. The summed E-state index contributed by atoms with van der Waals surface area (Å²) in [5.41, 5.74) is 3.13. The van der Waals surface area contributed by atoms with Crippen molar-refractivity contribution in [1.82, 2.24) is 5.32 Å². The number of carbonyl (C=O) groups is 2. The zero-order valence-electron chi connectivity index (χ0n) is 13.7. The van der Waals surface area contributed by atoms with Crippen LogP contribution in [0.3, 0.4) is 0 Å². The van der Waals surface area contributed by atoms with E-state index >= 15 is 0 Å². The van der Waals surface area contributed by atoms with Crippen molar-refractivity contribution in [2.75, 3.05) is 5.32 Å². The van der Waals surface area contributed by atoms with Crippen LogP contribution in [-0.4, -0.2) is 17.0 Å². The van der Waals surface area contributed by atoms with Crippen molar-refractivity contribution in [1.29, 1.82) is 0 Å². The normalized spacial score (nSPS) is 9.96. The number of benzene rings is 2. The van der Waals surface area contributed by atoms with Gasteiger partial charge in [-0.15, -0.1) is 0 Å². The van der Waals surface area contributed by atoms with Crippen molar-refractivity contribution >= 4 is 34.9 Å². The number of amides is 1. The number of anilines is 1. The molecule has 0 radical (unpaired) electrons. The lowest BCUT2D eigenvalue weighted by molar-refractivity contribution is -0.131. The standard InChI is InChI=1S/C18H18N2O3S/c1-11-7-6-8-12(2)16(11)19-18(24)20-17(22)14-9-4-5-10-15(14)23-13(3)21/h4-10H,1-3H3,(H2,19,20,22,24). The zero-order chi connectivity index (χ0) is 17.7. The second kappa shape index (κ2) is 7.70. The van der Waals surface area contributed by atoms with Gasteiger partial charge in [-0.3, -0.25) is 14.9 Å². The van der Waals surface area contributed by atoms with Gasteiger partial charge in [-0.25, -0.2) is 0 Å². The van der Waals surface area contributed by atoms with Crippen molar-refractivity contribution in [3.63, 3.8) is 0 Å². The number of ether oxygens (including phenoxy) is 1. The maximum atomic E-state index is 12.4. The molecule has 124 valence electrons. The molecule has 0 fully saturated rings. The number of nitrogens with one attached hydrogen (secondary N) is 2. The molecule has 2 aromatic carbocycles. The van der Waals surface area contributed by atoms with Gasteiger partial charge in [-0.2, -0.15) is 0 Å². The Morgan fingerprint density at radius 3 is 2.25 bits per heavy atom. The maximum Gasteiger partial charge on any atom is 0.308 e. The molecule has 0 unspecified atom stereocenters. The predicted molar refractivity (Wildman–Crippen MR) is 97.4 cm³/mol. The molecule has 0 saturated carbocycles. The number of thiocarbonyl (C=S) groups is 1. The van der Waals surface area contributed by atoms with Crippen LogP contribution in [0, 0.1) is 13.8 Å². The number of carbonyl (C=O) groups excluding carboxylic acids is 2. The molecule has 6 heteroatoms. The predicted octanol–water partition coefficient (Wildman–Crippen LogP) is 3.36. The van der Waals surface area contributed by atoms with Crippen molar-refractivity contribution in [2.24, 2.45) is 0 Å². The van der Waals surface area contributed by atoms with Gasteiger partial charge in [0.05, 0.1) is 5.56 Å². The van der Waals surface area contributed by atoms with Crippen LogP contribution in [0.5, 0.6) is 5.75 Å². The van der Waals surface area contributed by atoms with Gasteiger partial charge in [-0.1, -0.05) is 30.3 Å². The van der Waals surface area contributed by atoms with Gasteiger partial charge in [0, 0.05) is 12.6 Å². The molecule has 2 rings (SSSR count). The largest absolute Gasteiger partial charge is 0.426 e. The first-order valence-corrected chi connectivity index (χ1v) is 7.75. The van der Waals surface area contributed by atoms with E-state index in [1.165, 1.54) is 6.92 Å². The van der Waals surface area contributed by atoms with Crippen LogP contribution in [-0.2, 0) is 4.79 Å². The maximum absolute atomic E-state index is 12.4. The van der Waals surface area contributed by atoms with Crippen LogP contribution in [0.2, 0.25) is 0 Å². The summed E-state index contributed by atoms with van der Waals surface area (Å²) in [6, 6.07) is 12.3. The molecule has 2 aromatic rings. The average molecular weight is 342 g/mol. The lowest BCUT2D eigenvalue weighted by Crippen LogP contribution is -2.34. The van der Waals surface area contributed by atoms with Gasteiger partial charge in [0.2, 0.25) is 0 Å². The number of hydrogen-bond donors (Lipinski definition) is 2. The molecular formula is C18H18N2O3S. The molecule has 0 atom stereocenters. The number of hydrogen-bond acceptors (Lipinski definition) is 4. The first-order valence-electron chi connectivity index (χ1n) is 7.34. The minimum absolute atomic E-state index is 0.176. The fourth-order valence-corrected chi connectivity index (χ4v) is 2.42. The summed E-state index contributed by atoms with van der Waals surface area (Å²) in [7, 11) is 0. The van der Waals surface area contributed by atoms with Crippen LogP contribution in [0.4, 0.5) is 5.69 Å². The molecule has 0 bridgehead atoms. The highest BCUT2D eigenvalue weighted by Gasteiger charge is 2.15. The van der Waals surface area contributed by atoms with Crippen molar-refractivity contribution in [3.05, 3.63) is 59.2 Å². The summed E-state index contributed by atoms with van der Waals surface area (Å²) >= 11 is 5.21. The van der Waals surface area contributed by atoms with Crippen LogP contribution in [0.1, 0.15) is 28.4 Å². The highest BCUT2D eigenvalue weighted by molar-refractivity contribution is 7.80. The Morgan fingerprint density at radius 1 is 1.00 bits per heavy atom. The number of para-hydroxylation sites is 2. The number of aryl methyl sites for hydroxylation is 2. The van der Waals surface area contributed by atoms with Crippen molar-refractivity contribution in [2.45, 2.75) is 20.8 Å². The fraction of sp³-hybridized carbons (Fsp3) is 0.167. The first kappa shape index (κ1) is 17.6. The zero-order valence-corrected chi connectivity index (χ0v) is 14.5. The SMILES string of the molecule is CC(=O)Oc1ccccc1C(=O)NC(=S)Nc1c(C)cccc1C. The molecule has 1 amide bonds. The third-order valence-corrected chi connectivity index (χ3v) is 3.54. The van der Waals surface area contributed by atoms with Crippen LogP contribution < -0.4 is 15.4 Å². The van der Waals surface area contributed by atoms with Crippen LogP contribution >= 0.6 is 12.2 Å². The highest BCUT2D eigenvalue weighted by atomic mass is 32.1. The number of esters is 1. The Kier molecular flexibility index (Phi) is 5.65. The van der Waals surface area contributed by atoms with E-state index in [2.05, 4.69) is 10.6 Å². The summed E-state index contributed by atoms with van der Waals surface area (Å²) in [6.45, 7) is 5.19. The van der Waals surface area contributed by atoms with Gasteiger partial charge >= 0.3 is 5.97 Å². The molecule has 5 nitrogen and oxygen atoms in total. The average Bonchev–Trinajstić information content (AvgIpc) is 2.51. The third kappa shape index (κ3) is 4.39. The van der Waals surface area contributed by atoms with Crippen molar-refractivity contribution < 1.29 is 14.3 Å². The topological polar surface area (TPSA) is 67.4 Å². The van der Waals surface area contributed by atoms with Gasteiger partial charge in [0.25, 0.3) is 5.91 Å². The fourth-order valence-electron chi connectivity index (χ4n) is 2.22. The molecule has 0 aromatic heterocycles. The molecule has 0 aliphatic carbocycles. The Bertz CT molecular complexity index is 782. The minimum atomic E-state index is -0.494. The Balaban J connectivity index is 2.13. The van der Waals surface area contributed by atoms with E-state index in [1.54, 1.807) is 24.3 Å². The lowest BCUT2D eigenvalue weighted by atomic mass is 10.1. The quantitative estimate of drug-likeness (QED) is 0.509. The van der Waals surface area contributed by atoms with Gasteiger partial charge in [0.15, 0.2) is 5.11 Å². The number of rotatable bonds is 3. The monoisotopic (exact) mass is 342 g/mol. The lowest BCUT2D eigenvalue weighted by Gasteiger charge is -2.15. The summed E-state index contributed by atoms with van der Waals surface area (Å²) in [5, 5.41) is 5.81. The van der Waals surface area contributed by atoms with Crippen LogP contribution in [0.15, 0.2) is 42.5 Å². The Hall–Kier alpha value is -2.73. The van der Waals surface area contributed by atoms with E-state index in [1.807, 2.05) is 32.0 Å². The summed E-state index contributed by atoms with van der Waals surface area (Å²) in [5.74, 6) is -0.751. The molecule has 24 heavy (non-hydrogen) atoms. The molecule has 0 saturated heterocycles. The van der Waals surface area contributed by atoms with Crippen LogP contribution in [0.25, 0.3) is 0 Å².